The summed E-state index contributed by atoms with van der Waals surface area (Å²) in [5, 5.41) is 6.05. The smallest absolute Gasteiger partial charge is 0.404 e. The number of aromatic nitrogens is 2. The van der Waals surface area contributed by atoms with E-state index in [4.69, 9.17) is 5.73 Å². The van der Waals surface area contributed by atoms with E-state index in [1.165, 1.54) is 0 Å². The number of amides is 1. The van der Waals surface area contributed by atoms with Gasteiger partial charge in [-0.2, -0.15) is 4.98 Å². The van der Waals surface area contributed by atoms with Gasteiger partial charge in [-0.3, -0.25) is 0 Å². The maximum atomic E-state index is 10.3. The molecule has 94 valence electrons. The molecule has 0 aliphatic heterocycles. The molecule has 0 saturated carbocycles. The molecule has 0 atom stereocenters. The lowest BCUT2D eigenvalue weighted by Crippen LogP contribution is -2.19. The van der Waals surface area contributed by atoms with Gasteiger partial charge in [0.2, 0.25) is 5.95 Å². The first-order valence-corrected chi connectivity index (χ1v) is 5.37. The van der Waals surface area contributed by atoms with Gasteiger partial charge in [0.1, 0.15) is 12.4 Å². The maximum absolute atomic E-state index is 10.3. The van der Waals surface area contributed by atoms with Gasteiger partial charge in [0.25, 0.3) is 0 Å². The van der Waals surface area contributed by atoms with E-state index >= 15 is 0 Å². The largest absolute Gasteiger partial charge is 0.448 e. The first-order chi connectivity index (χ1) is 8.11. The van der Waals surface area contributed by atoms with Crippen LogP contribution < -0.4 is 16.4 Å². The van der Waals surface area contributed by atoms with E-state index in [1.54, 1.807) is 0 Å². The standard InChI is InChI=1S/C10H17N5O2/c1-3-12-10-14-7(2)6-8(15-10)13-4-5-17-9(11)16/h6H,3-5H2,1-2H3,(H2,11,16)(H2,12,13,14,15). The molecule has 1 heterocycles. The minimum atomic E-state index is -0.779. The molecule has 1 aromatic rings. The summed E-state index contributed by atoms with van der Waals surface area (Å²) in [5.41, 5.74) is 5.69. The Morgan fingerprint density at radius 2 is 2.24 bits per heavy atom. The Morgan fingerprint density at radius 1 is 1.47 bits per heavy atom. The summed E-state index contributed by atoms with van der Waals surface area (Å²) in [7, 11) is 0. The zero-order chi connectivity index (χ0) is 12.7. The first-order valence-electron chi connectivity index (χ1n) is 5.37. The van der Waals surface area contributed by atoms with E-state index < -0.39 is 6.09 Å². The van der Waals surface area contributed by atoms with Crippen LogP contribution in [0.5, 0.6) is 0 Å². The van der Waals surface area contributed by atoms with Crippen molar-refractivity contribution in [2.24, 2.45) is 5.73 Å². The average Bonchev–Trinajstić information content (AvgIpc) is 2.24. The molecule has 1 rings (SSSR count). The van der Waals surface area contributed by atoms with Crippen molar-refractivity contribution in [3.8, 4) is 0 Å². The van der Waals surface area contributed by atoms with Crippen molar-refractivity contribution in [3.63, 3.8) is 0 Å². The summed E-state index contributed by atoms with van der Waals surface area (Å²) in [6.07, 6.45) is -0.779. The van der Waals surface area contributed by atoms with Gasteiger partial charge in [0, 0.05) is 18.3 Å². The molecule has 0 aliphatic rings. The molecule has 0 radical (unpaired) electrons. The van der Waals surface area contributed by atoms with Crippen molar-refractivity contribution >= 4 is 17.9 Å². The number of nitrogens with one attached hydrogen (secondary N) is 2. The molecule has 0 fully saturated rings. The van der Waals surface area contributed by atoms with E-state index in [9.17, 15) is 4.79 Å². The van der Waals surface area contributed by atoms with Crippen molar-refractivity contribution in [1.82, 2.24) is 9.97 Å². The van der Waals surface area contributed by atoms with Gasteiger partial charge in [0.15, 0.2) is 0 Å². The second-order valence-electron chi connectivity index (χ2n) is 3.34. The monoisotopic (exact) mass is 239 g/mol. The molecule has 0 bridgehead atoms. The third kappa shape index (κ3) is 5.01. The number of hydrogen-bond donors (Lipinski definition) is 3. The van der Waals surface area contributed by atoms with E-state index in [2.05, 4.69) is 25.3 Å². The molecule has 17 heavy (non-hydrogen) atoms. The van der Waals surface area contributed by atoms with Crippen molar-refractivity contribution in [2.75, 3.05) is 30.3 Å². The van der Waals surface area contributed by atoms with Gasteiger partial charge < -0.3 is 21.1 Å². The molecule has 0 spiro atoms. The molecule has 7 heteroatoms. The summed E-state index contributed by atoms with van der Waals surface area (Å²) < 4.78 is 4.59. The van der Waals surface area contributed by atoms with Crippen LogP contribution in [0.1, 0.15) is 12.6 Å². The highest BCUT2D eigenvalue weighted by Gasteiger charge is 2.01. The number of aryl methyl sites for hydroxylation is 1. The van der Waals surface area contributed by atoms with Crippen molar-refractivity contribution in [3.05, 3.63) is 11.8 Å². The molecule has 1 aromatic heterocycles. The Bertz CT molecular complexity index is 383. The van der Waals surface area contributed by atoms with Crippen LogP contribution in [0.15, 0.2) is 6.07 Å². The zero-order valence-corrected chi connectivity index (χ0v) is 9.99. The molecule has 0 saturated heterocycles. The van der Waals surface area contributed by atoms with E-state index in [0.29, 0.717) is 18.3 Å². The highest BCUT2D eigenvalue weighted by atomic mass is 16.5. The summed E-state index contributed by atoms with van der Waals surface area (Å²) in [6.45, 7) is 5.26. The van der Waals surface area contributed by atoms with Crippen LogP contribution in [0.4, 0.5) is 16.6 Å². The van der Waals surface area contributed by atoms with Gasteiger partial charge >= 0.3 is 6.09 Å². The summed E-state index contributed by atoms with van der Waals surface area (Å²) >= 11 is 0. The fraction of sp³-hybridized carbons (Fsp3) is 0.500. The second kappa shape index (κ2) is 6.51. The van der Waals surface area contributed by atoms with Crippen LogP contribution in [-0.2, 0) is 4.74 Å². The minimum Gasteiger partial charge on any atom is -0.448 e. The van der Waals surface area contributed by atoms with E-state index in [-0.39, 0.29) is 6.61 Å². The first kappa shape index (κ1) is 13.0. The van der Waals surface area contributed by atoms with Crippen molar-refractivity contribution in [2.45, 2.75) is 13.8 Å². The number of carbonyl (C=O) groups excluding carboxylic acids is 1. The number of primary amides is 1. The van der Waals surface area contributed by atoms with E-state index in [0.717, 1.165) is 12.2 Å². The SMILES string of the molecule is CCNc1nc(C)cc(NCCOC(N)=O)n1. The van der Waals surface area contributed by atoms with Crippen LogP contribution in [0.3, 0.4) is 0 Å². The fourth-order valence-corrected chi connectivity index (χ4v) is 1.23. The summed E-state index contributed by atoms with van der Waals surface area (Å²) in [4.78, 5) is 18.8. The molecule has 0 aromatic carbocycles. The number of nitrogens with two attached hydrogens (primary N) is 1. The highest BCUT2D eigenvalue weighted by Crippen LogP contribution is 2.08. The number of ether oxygens (including phenoxy) is 1. The maximum Gasteiger partial charge on any atom is 0.404 e. The van der Waals surface area contributed by atoms with Crippen LogP contribution >= 0.6 is 0 Å². The minimum absolute atomic E-state index is 0.203. The average molecular weight is 239 g/mol. The molecule has 7 nitrogen and oxygen atoms in total. The van der Waals surface area contributed by atoms with Crippen LogP contribution in [0.25, 0.3) is 0 Å². The van der Waals surface area contributed by atoms with E-state index in [1.807, 2.05) is 19.9 Å². The lowest BCUT2D eigenvalue weighted by atomic mass is 10.4. The van der Waals surface area contributed by atoms with Gasteiger partial charge in [-0.15, -0.1) is 0 Å². The second-order valence-corrected chi connectivity index (χ2v) is 3.34. The third-order valence-corrected chi connectivity index (χ3v) is 1.84. The van der Waals surface area contributed by atoms with Gasteiger partial charge in [-0.1, -0.05) is 0 Å². The number of hydrogen-bond acceptors (Lipinski definition) is 6. The molecule has 4 N–H and O–H groups in total. The number of carbonyl (C=O) groups is 1. The number of anilines is 2. The molecule has 0 unspecified atom stereocenters. The Hall–Kier alpha value is -2.05. The van der Waals surface area contributed by atoms with Crippen molar-refractivity contribution < 1.29 is 9.53 Å². The molecule has 0 aliphatic carbocycles. The molecule has 1 amide bonds. The topological polar surface area (TPSA) is 102 Å². The van der Waals surface area contributed by atoms with Crippen LogP contribution in [0, 0.1) is 6.92 Å². The van der Waals surface area contributed by atoms with Crippen LogP contribution in [-0.4, -0.2) is 35.8 Å². The van der Waals surface area contributed by atoms with Gasteiger partial charge in [0.05, 0.1) is 6.54 Å². The zero-order valence-electron chi connectivity index (χ0n) is 9.99. The lowest BCUT2D eigenvalue weighted by Gasteiger charge is -2.08. The highest BCUT2D eigenvalue weighted by molar-refractivity contribution is 5.64. The summed E-state index contributed by atoms with van der Waals surface area (Å²) in [5.74, 6) is 1.26. The Kier molecular flexibility index (Phi) is 4.99. The quantitative estimate of drug-likeness (QED) is 0.632. The van der Waals surface area contributed by atoms with Gasteiger partial charge in [-0.05, 0) is 13.8 Å². The van der Waals surface area contributed by atoms with Crippen LogP contribution in [0.2, 0.25) is 0 Å². The Balaban J connectivity index is 2.49. The summed E-state index contributed by atoms with van der Waals surface area (Å²) in [6, 6.07) is 1.81. The fourth-order valence-electron chi connectivity index (χ4n) is 1.23. The molecular formula is C10H17N5O2. The Labute approximate surface area is 99.8 Å². The number of nitrogens with zero attached hydrogens (tertiary/aromatic N) is 2. The predicted octanol–water partition coefficient (Wildman–Crippen LogP) is 0.724. The number of rotatable bonds is 6. The Morgan fingerprint density at radius 3 is 2.88 bits per heavy atom. The predicted molar refractivity (Wildman–Crippen MR) is 65.0 cm³/mol. The third-order valence-electron chi connectivity index (χ3n) is 1.84. The van der Waals surface area contributed by atoms with Gasteiger partial charge in [-0.25, -0.2) is 9.78 Å². The normalized spacial score (nSPS) is 9.76. The van der Waals surface area contributed by atoms with Crippen molar-refractivity contribution in [1.29, 1.82) is 0 Å². The molecular weight excluding hydrogens is 222 g/mol. The lowest BCUT2D eigenvalue weighted by molar-refractivity contribution is 0.161.